The Morgan fingerprint density at radius 3 is 2.64 bits per heavy atom. The van der Waals surface area contributed by atoms with Crippen LogP contribution in [-0.4, -0.2) is 9.97 Å². The molecule has 0 atom stereocenters. The normalized spacial score (nSPS) is 8.91. The van der Waals surface area contributed by atoms with Crippen LogP contribution in [0.15, 0.2) is 4.79 Å². The van der Waals surface area contributed by atoms with E-state index in [0.29, 0.717) is 5.82 Å². The number of aryl methyl sites for hydroxylation is 1. The van der Waals surface area contributed by atoms with Crippen molar-refractivity contribution < 1.29 is 0 Å². The van der Waals surface area contributed by atoms with Crippen molar-refractivity contribution in [3.8, 4) is 0 Å². The minimum Gasteiger partial charge on any atom is -0.392 e. The number of halogens is 2. The topological polar surface area (TPSA) is 71.8 Å². The first-order valence-electron chi connectivity index (χ1n) is 2.63. The molecule has 1 rings (SSSR count). The summed E-state index contributed by atoms with van der Waals surface area (Å²) in [5.41, 5.74) is 4.79. The van der Waals surface area contributed by atoms with Gasteiger partial charge in [-0.3, -0.25) is 4.79 Å². The smallest absolute Gasteiger partial charge is 0.275 e. The maximum absolute atomic E-state index is 10.8. The van der Waals surface area contributed by atoms with Gasteiger partial charge in [-0.2, -0.15) is 0 Å². The summed E-state index contributed by atoms with van der Waals surface area (Å²) in [6.45, 7) is 1.63. The lowest BCUT2D eigenvalue weighted by atomic mass is 10.5. The monoisotopic (exact) mass is 195 g/mol. The molecule has 0 amide bonds. The number of nitrogens with two attached hydrogens (primary N) is 1. The molecule has 0 saturated heterocycles. The van der Waals surface area contributed by atoms with E-state index in [1.807, 2.05) is 0 Å². The molecule has 0 saturated carbocycles. The number of hydrogen-bond acceptors (Lipinski definition) is 3. The Balaban J connectivity index is 0.000001000. The van der Waals surface area contributed by atoms with Crippen LogP contribution in [0.4, 0.5) is 5.69 Å². The Morgan fingerprint density at radius 2 is 2.18 bits per heavy atom. The Bertz CT molecular complexity index is 309. The minimum absolute atomic E-state index is 0. The zero-order valence-corrected chi connectivity index (χ0v) is 7.29. The molecule has 6 heteroatoms. The fraction of sp³-hybridized carbons (Fsp3) is 0.200. The zero-order chi connectivity index (χ0) is 7.72. The molecule has 1 aromatic rings. The van der Waals surface area contributed by atoms with E-state index in [4.69, 9.17) is 17.3 Å². The van der Waals surface area contributed by atoms with E-state index in [9.17, 15) is 4.79 Å². The number of H-pyrrole nitrogens is 1. The molecule has 0 radical (unpaired) electrons. The van der Waals surface area contributed by atoms with Gasteiger partial charge < -0.3 is 10.7 Å². The molecular weight excluding hydrogens is 189 g/mol. The summed E-state index contributed by atoms with van der Waals surface area (Å²) in [4.78, 5) is 16.9. The molecule has 0 aliphatic carbocycles. The van der Waals surface area contributed by atoms with Gasteiger partial charge in [0, 0.05) is 0 Å². The number of aromatic nitrogens is 2. The summed E-state index contributed by atoms with van der Waals surface area (Å²) < 4.78 is 0. The Labute approximate surface area is 74.2 Å². The fourth-order valence-electron chi connectivity index (χ4n) is 0.561. The number of hydrogen-bond donors (Lipinski definition) is 2. The summed E-state index contributed by atoms with van der Waals surface area (Å²) in [6.07, 6.45) is 0. The van der Waals surface area contributed by atoms with Crippen LogP contribution in [0.1, 0.15) is 5.82 Å². The van der Waals surface area contributed by atoms with Crippen molar-refractivity contribution in [3.05, 3.63) is 21.3 Å². The Morgan fingerprint density at radius 1 is 1.64 bits per heavy atom. The third kappa shape index (κ3) is 2.10. The molecule has 1 heterocycles. The second-order valence-corrected chi connectivity index (χ2v) is 2.21. The summed E-state index contributed by atoms with van der Waals surface area (Å²) in [7, 11) is 0. The highest BCUT2D eigenvalue weighted by Crippen LogP contribution is 2.07. The van der Waals surface area contributed by atoms with Crippen molar-refractivity contribution >= 4 is 29.7 Å². The van der Waals surface area contributed by atoms with Gasteiger partial charge in [0.2, 0.25) is 0 Å². The molecular formula is C5H7Cl2N3O. The molecule has 0 spiro atoms. The lowest BCUT2D eigenvalue weighted by Gasteiger charge is -1.95. The number of aromatic amines is 1. The van der Waals surface area contributed by atoms with E-state index >= 15 is 0 Å². The van der Waals surface area contributed by atoms with Gasteiger partial charge in [0.25, 0.3) is 5.56 Å². The molecule has 0 aliphatic rings. The molecule has 0 unspecified atom stereocenters. The summed E-state index contributed by atoms with van der Waals surface area (Å²) >= 11 is 5.46. The minimum atomic E-state index is -0.391. The second-order valence-electron chi connectivity index (χ2n) is 1.86. The van der Waals surface area contributed by atoms with E-state index in [1.54, 1.807) is 6.92 Å². The molecule has 4 nitrogen and oxygen atoms in total. The van der Waals surface area contributed by atoms with Crippen molar-refractivity contribution in [2.45, 2.75) is 6.92 Å². The first-order valence-corrected chi connectivity index (χ1v) is 3.01. The van der Waals surface area contributed by atoms with Crippen LogP contribution >= 0.6 is 24.0 Å². The molecule has 0 fully saturated rings. The SMILES string of the molecule is Cc1nc(Cl)c(N)c(=O)[nH]1.Cl. The van der Waals surface area contributed by atoms with E-state index in [2.05, 4.69) is 9.97 Å². The molecule has 1 aromatic heterocycles. The third-order valence-electron chi connectivity index (χ3n) is 1.03. The largest absolute Gasteiger partial charge is 0.392 e. The van der Waals surface area contributed by atoms with Crippen molar-refractivity contribution in [2.24, 2.45) is 0 Å². The average molecular weight is 196 g/mol. The van der Waals surface area contributed by atoms with Gasteiger partial charge in [0.05, 0.1) is 0 Å². The van der Waals surface area contributed by atoms with Crippen LogP contribution in [0.3, 0.4) is 0 Å². The first-order chi connectivity index (χ1) is 4.61. The van der Waals surface area contributed by atoms with Crippen LogP contribution in [0.5, 0.6) is 0 Å². The van der Waals surface area contributed by atoms with E-state index in [-0.39, 0.29) is 23.2 Å². The molecule has 11 heavy (non-hydrogen) atoms. The predicted octanol–water partition coefficient (Wildman–Crippen LogP) is 0.736. The maximum atomic E-state index is 10.8. The van der Waals surface area contributed by atoms with E-state index in [1.165, 1.54) is 0 Å². The van der Waals surface area contributed by atoms with Crippen molar-refractivity contribution in [3.63, 3.8) is 0 Å². The van der Waals surface area contributed by atoms with Crippen molar-refractivity contribution in [1.82, 2.24) is 9.97 Å². The Hall–Kier alpha value is -0.740. The van der Waals surface area contributed by atoms with E-state index in [0.717, 1.165) is 0 Å². The molecule has 0 aliphatic heterocycles. The van der Waals surface area contributed by atoms with Gasteiger partial charge >= 0.3 is 0 Å². The van der Waals surface area contributed by atoms with Crippen LogP contribution < -0.4 is 11.3 Å². The van der Waals surface area contributed by atoms with Crippen LogP contribution in [0.2, 0.25) is 5.15 Å². The summed E-state index contributed by atoms with van der Waals surface area (Å²) in [5, 5.41) is 0.0567. The van der Waals surface area contributed by atoms with Gasteiger partial charge in [-0.05, 0) is 6.92 Å². The number of nitrogens with one attached hydrogen (secondary N) is 1. The number of nitrogen functional groups attached to an aromatic ring is 1. The Kier molecular flexibility index (Phi) is 3.35. The highest BCUT2D eigenvalue weighted by molar-refractivity contribution is 6.31. The average Bonchev–Trinajstić information content (AvgIpc) is 1.82. The third-order valence-corrected chi connectivity index (χ3v) is 1.32. The zero-order valence-electron chi connectivity index (χ0n) is 5.72. The quantitative estimate of drug-likeness (QED) is 0.601. The lowest BCUT2D eigenvalue weighted by Crippen LogP contribution is -2.14. The van der Waals surface area contributed by atoms with Gasteiger partial charge in [0.15, 0.2) is 5.15 Å². The van der Waals surface area contributed by atoms with Crippen molar-refractivity contribution in [1.29, 1.82) is 0 Å². The maximum Gasteiger partial charge on any atom is 0.275 e. The lowest BCUT2D eigenvalue weighted by molar-refractivity contribution is 1.02. The molecule has 62 valence electrons. The number of rotatable bonds is 0. The second kappa shape index (κ2) is 3.59. The number of anilines is 1. The molecule has 3 N–H and O–H groups in total. The highest BCUT2D eigenvalue weighted by Gasteiger charge is 2.01. The fourth-order valence-corrected chi connectivity index (χ4v) is 0.773. The van der Waals surface area contributed by atoms with Gasteiger partial charge in [0.1, 0.15) is 11.5 Å². The molecule has 0 bridgehead atoms. The predicted molar refractivity (Wildman–Crippen MR) is 46.3 cm³/mol. The van der Waals surface area contributed by atoms with Gasteiger partial charge in [-0.25, -0.2) is 4.98 Å². The molecule has 0 aromatic carbocycles. The van der Waals surface area contributed by atoms with Crippen LogP contribution in [-0.2, 0) is 0 Å². The first kappa shape index (κ1) is 10.3. The summed E-state index contributed by atoms with van der Waals surface area (Å²) in [5.74, 6) is 0.462. The highest BCUT2D eigenvalue weighted by atomic mass is 35.5. The van der Waals surface area contributed by atoms with Gasteiger partial charge in [-0.1, -0.05) is 11.6 Å². The number of nitrogens with zero attached hydrogens (tertiary/aromatic N) is 1. The standard InChI is InChI=1S/C5H6ClN3O.ClH/c1-2-8-4(6)3(7)5(10)9-2;/h7H2,1H3,(H,8,9,10);1H. The van der Waals surface area contributed by atoms with Crippen LogP contribution in [0, 0.1) is 6.92 Å². The van der Waals surface area contributed by atoms with Gasteiger partial charge in [-0.15, -0.1) is 12.4 Å². The van der Waals surface area contributed by atoms with E-state index < -0.39 is 5.56 Å². The van der Waals surface area contributed by atoms with Crippen LogP contribution in [0.25, 0.3) is 0 Å². The summed E-state index contributed by atoms with van der Waals surface area (Å²) in [6, 6.07) is 0. The van der Waals surface area contributed by atoms with Crippen molar-refractivity contribution in [2.75, 3.05) is 5.73 Å².